The number of nitrogens with one attached hydrogen (secondary N) is 1. The Hall–Kier alpha value is -1.82. The number of hydrogen-bond donors (Lipinski definition) is 1. The molecule has 0 bridgehead atoms. The summed E-state index contributed by atoms with van der Waals surface area (Å²) in [6.45, 7) is 4.08. The molecule has 1 aliphatic rings. The Bertz CT molecular complexity index is 549. The van der Waals surface area contributed by atoms with Gasteiger partial charge in [0.15, 0.2) is 0 Å². The molecule has 1 saturated carbocycles. The van der Waals surface area contributed by atoms with Gasteiger partial charge in [0.2, 0.25) is 5.91 Å². The Labute approximate surface area is 127 Å². The predicted octanol–water partition coefficient (Wildman–Crippen LogP) is 3.58. The summed E-state index contributed by atoms with van der Waals surface area (Å²) in [7, 11) is 0. The molecular weight excluding hydrogens is 260 g/mol. The molecule has 0 radical (unpaired) electrons. The number of rotatable bonds is 3. The number of aryl methyl sites for hydroxylation is 2. The van der Waals surface area contributed by atoms with Gasteiger partial charge in [-0.2, -0.15) is 5.26 Å². The summed E-state index contributed by atoms with van der Waals surface area (Å²) >= 11 is 0. The zero-order valence-electron chi connectivity index (χ0n) is 13.0. The van der Waals surface area contributed by atoms with Crippen molar-refractivity contribution in [3.63, 3.8) is 0 Å². The number of amides is 1. The van der Waals surface area contributed by atoms with E-state index >= 15 is 0 Å². The molecule has 0 atom stereocenters. The third-order valence-corrected chi connectivity index (χ3v) is 4.40. The number of carbonyl (C=O) groups excluding carboxylic acids is 1. The first-order chi connectivity index (χ1) is 10.0. The van der Waals surface area contributed by atoms with Crippen LogP contribution in [-0.4, -0.2) is 11.4 Å². The Balaban J connectivity index is 2.04. The molecule has 112 valence electrons. The van der Waals surface area contributed by atoms with Crippen LogP contribution in [0.25, 0.3) is 0 Å². The van der Waals surface area contributed by atoms with E-state index in [9.17, 15) is 10.1 Å². The van der Waals surface area contributed by atoms with Crippen LogP contribution >= 0.6 is 0 Å². The van der Waals surface area contributed by atoms with Gasteiger partial charge in [-0.25, -0.2) is 0 Å². The van der Waals surface area contributed by atoms with E-state index < -0.39 is 5.54 Å². The highest BCUT2D eigenvalue weighted by molar-refractivity contribution is 5.80. The lowest BCUT2D eigenvalue weighted by atomic mass is 9.91. The summed E-state index contributed by atoms with van der Waals surface area (Å²) < 4.78 is 0. The van der Waals surface area contributed by atoms with Crippen molar-refractivity contribution in [3.05, 3.63) is 34.9 Å². The number of nitriles is 1. The van der Waals surface area contributed by atoms with Gasteiger partial charge >= 0.3 is 0 Å². The largest absolute Gasteiger partial charge is 0.338 e. The smallest absolute Gasteiger partial charge is 0.225 e. The molecule has 0 aliphatic heterocycles. The van der Waals surface area contributed by atoms with E-state index in [1.807, 2.05) is 26.0 Å². The molecule has 0 unspecified atom stereocenters. The molecule has 0 saturated heterocycles. The molecule has 2 rings (SSSR count). The summed E-state index contributed by atoms with van der Waals surface area (Å²) in [5, 5.41) is 12.5. The zero-order chi connectivity index (χ0) is 15.3. The van der Waals surface area contributed by atoms with Gasteiger partial charge in [-0.3, -0.25) is 4.79 Å². The van der Waals surface area contributed by atoms with Gasteiger partial charge in [-0.1, -0.05) is 49.4 Å². The summed E-state index contributed by atoms with van der Waals surface area (Å²) in [4.78, 5) is 12.3. The number of hydrogen-bond acceptors (Lipinski definition) is 2. The highest BCUT2D eigenvalue weighted by atomic mass is 16.1. The van der Waals surface area contributed by atoms with Crippen LogP contribution in [0.4, 0.5) is 0 Å². The highest BCUT2D eigenvalue weighted by Gasteiger charge is 2.32. The average Bonchev–Trinajstić information content (AvgIpc) is 2.68. The maximum atomic E-state index is 12.3. The van der Waals surface area contributed by atoms with Crippen molar-refractivity contribution in [1.82, 2.24) is 5.32 Å². The Morgan fingerprint density at radius 3 is 2.48 bits per heavy atom. The van der Waals surface area contributed by atoms with E-state index in [4.69, 9.17) is 0 Å². The normalized spacial score (nSPS) is 17.6. The second-order valence-electron chi connectivity index (χ2n) is 6.26. The van der Waals surface area contributed by atoms with Crippen molar-refractivity contribution < 1.29 is 4.79 Å². The van der Waals surface area contributed by atoms with Crippen LogP contribution in [0.3, 0.4) is 0 Å². The molecule has 3 heteroatoms. The van der Waals surface area contributed by atoms with Crippen molar-refractivity contribution in [2.75, 3.05) is 0 Å². The third kappa shape index (κ3) is 4.07. The molecule has 1 aromatic rings. The van der Waals surface area contributed by atoms with E-state index in [2.05, 4.69) is 17.5 Å². The number of carbonyl (C=O) groups is 1. The van der Waals surface area contributed by atoms with Gasteiger partial charge in [0, 0.05) is 0 Å². The lowest BCUT2D eigenvalue weighted by molar-refractivity contribution is -0.121. The first-order valence-electron chi connectivity index (χ1n) is 7.83. The maximum Gasteiger partial charge on any atom is 0.225 e. The highest BCUT2D eigenvalue weighted by Crippen LogP contribution is 2.26. The van der Waals surface area contributed by atoms with Crippen molar-refractivity contribution in [1.29, 1.82) is 5.26 Å². The lowest BCUT2D eigenvalue weighted by Gasteiger charge is -2.26. The van der Waals surface area contributed by atoms with Gasteiger partial charge in [-0.05, 0) is 37.8 Å². The van der Waals surface area contributed by atoms with Crippen molar-refractivity contribution in [3.8, 4) is 6.07 Å². The second-order valence-corrected chi connectivity index (χ2v) is 6.26. The number of benzene rings is 1. The van der Waals surface area contributed by atoms with Crippen LogP contribution in [0.2, 0.25) is 0 Å². The van der Waals surface area contributed by atoms with E-state index in [1.165, 1.54) is 5.56 Å². The van der Waals surface area contributed by atoms with Gasteiger partial charge in [-0.15, -0.1) is 0 Å². The lowest BCUT2D eigenvalue weighted by Crippen LogP contribution is -2.47. The Morgan fingerprint density at radius 2 is 1.90 bits per heavy atom. The molecule has 1 aliphatic carbocycles. The van der Waals surface area contributed by atoms with Crippen molar-refractivity contribution in [2.24, 2.45) is 0 Å². The fraction of sp³-hybridized carbons (Fsp3) is 0.556. The second kappa shape index (κ2) is 6.76. The van der Waals surface area contributed by atoms with Crippen LogP contribution in [0, 0.1) is 25.2 Å². The van der Waals surface area contributed by atoms with E-state index in [-0.39, 0.29) is 5.91 Å². The van der Waals surface area contributed by atoms with Crippen LogP contribution in [0.1, 0.15) is 55.2 Å². The van der Waals surface area contributed by atoms with Crippen LogP contribution in [-0.2, 0) is 11.2 Å². The van der Waals surface area contributed by atoms with Crippen LogP contribution < -0.4 is 5.32 Å². The minimum absolute atomic E-state index is 0.0367. The van der Waals surface area contributed by atoms with Crippen molar-refractivity contribution in [2.45, 2.75) is 64.3 Å². The van der Waals surface area contributed by atoms with Gasteiger partial charge in [0.25, 0.3) is 0 Å². The molecule has 1 N–H and O–H groups in total. The maximum absolute atomic E-state index is 12.3. The summed E-state index contributed by atoms with van der Waals surface area (Å²) in [6.07, 6.45) is 6.29. The van der Waals surface area contributed by atoms with E-state index in [0.717, 1.165) is 49.7 Å². The summed E-state index contributed by atoms with van der Waals surface area (Å²) in [5.41, 5.74) is 2.73. The van der Waals surface area contributed by atoms with E-state index in [0.29, 0.717) is 6.42 Å². The predicted molar refractivity (Wildman–Crippen MR) is 83.8 cm³/mol. The zero-order valence-corrected chi connectivity index (χ0v) is 13.0. The SMILES string of the molecule is Cc1ccc(CC(=O)NC2(C#N)CCCCCC2)c(C)c1. The molecule has 1 fully saturated rings. The first kappa shape index (κ1) is 15.6. The van der Waals surface area contributed by atoms with Crippen molar-refractivity contribution >= 4 is 5.91 Å². The molecule has 0 spiro atoms. The van der Waals surface area contributed by atoms with Crippen LogP contribution in [0.15, 0.2) is 18.2 Å². The monoisotopic (exact) mass is 284 g/mol. The fourth-order valence-electron chi connectivity index (χ4n) is 3.13. The van der Waals surface area contributed by atoms with Gasteiger partial charge < -0.3 is 5.32 Å². The number of nitrogens with zero attached hydrogens (tertiary/aromatic N) is 1. The summed E-state index contributed by atoms with van der Waals surface area (Å²) in [6, 6.07) is 8.50. The Morgan fingerprint density at radius 1 is 1.24 bits per heavy atom. The molecule has 3 nitrogen and oxygen atoms in total. The van der Waals surface area contributed by atoms with Gasteiger partial charge in [0.05, 0.1) is 12.5 Å². The van der Waals surface area contributed by atoms with Crippen LogP contribution in [0.5, 0.6) is 0 Å². The first-order valence-corrected chi connectivity index (χ1v) is 7.83. The summed E-state index contributed by atoms with van der Waals surface area (Å²) in [5.74, 6) is -0.0367. The minimum atomic E-state index is -0.647. The van der Waals surface area contributed by atoms with Gasteiger partial charge in [0.1, 0.15) is 5.54 Å². The minimum Gasteiger partial charge on any atom is -0.338 e. The standard InChI is InChI=1S/C18H24N2O/c1-14-7-8-16(15(2)11-14)12-17(21)20-18(13-19)9-5-3-4-6-10-18/h7-8,11H,3-6,9-10,12H2,1-2H3,(H,20,21). The molecule has 21 heavy (non-hydrogen) atoms. The quantitative estimate of drug-likeness (QED) is 0.863. The molecule has 1 amide bonds. The topological polar surface area (TPSA) is 52.9 Å². The molecule has 0 aromatic heterocycles. The molecule has 1 aromatic carbocycles. The third-order valence-electron chi connectivity index (χ3n) is 4.40. The Kier molecular flexibility index (Phi) is 5.01. The molecular formula is C18H24N2O. The van der Waals surface area contributed by atoms with E-state index in [1.54, 1.807) is 0 Å². The molecule has 0 heterocycles. The average molecular weight is 284 g/mol. The fourth-order valence-corrected chi connectivity index (χ4v) is 3.13.